The summed E-state index contributed by atoms with van der Waals surface area (Å²) in [5, 5.41) is 12.7. The predicted molar refractivity (Wildman–Crippen MR) is 168 cm³/mol. The molecule has 1 atom stereocenters. The second-order valence-corrected chi connectivity index (χ2v) is 10.6. The fourth-order valence-electron chi connectivity index (χ4n) is 5.48. The van der Waals surface area contributed by atoms with E-state index in [1.54, 1.807) is 12.3 Å². The van der Waals surface area contributed by atoms with Crippen LogP contribution >= 0.6 is 0 Å². The smallest absolute Gasteiger partial charge is 0.345 e. The molecule has 210 valence electrons. The molecule has 2 aromatic heterocycles. The molecule has 0 saturated carbocycles. The first-order valence-corrected chi connectivity index (χ1v) is 14.2. The zero-order valence-corrected chi connectivity index (χ0v) is 23.3. The summed E-state index contributed by atoms with van der Waals surface area (Å²) in [6.07, 6.45) is 3.17. The normalized spacial score (nSPS) is 12.0. The number of hydrogen-bond acceptors (Lipinski definition) is 4. The lowest BCUT2D eigenvalue weighted by Gasteiger charge is -2.16. The summed E-state index contributed by atoms with van der Waals surface area (Å²) in [7, 11) is 0. The van der Waals surface area contributed by atoms with E-state index in [2.05, 4.69) is 52.1 Å². The predicted octanol–water partition coefficient (Wildman–Crippen LogP) is 8.24. The molecular formula is C37H28N2O4. The van der Waals surface area contributed by atoms with Gasteiger partial charge in [-0.2, -0.15) is 0 Å². The molecule has 0 aliphatic heterocycles. The van der Waals surface area contributed by atoms with Gasteiger partial charge < -0.3 is 18.8 Å². The molecule has 0 radical (unpaired) electrons. The van der Waals surface area contributed by atoms with Crippen LogP contribution in [0, 0.1) is 0 Å². The molecule has 0 aliphatic rings. The lowest BCUT2D eigenvalue weighted by atomic mass is 10.1. The first kappa shape index (κ1) is 26.3. The van der Waals surface area contributed by atoms with Crippen LogP contribution < -0.4 is 4.74 Å². The second kappa shape index (κ2) is 11.3. The van der Waals surface area contributed by atoms with Crippen LogP contribution in [-0.2, 0) is 17.8 Å². The van der Waals surface area contributed by atoms with Crippen molar-refractivity contribution in [1.29, 1.82) is 0 Å². The van der Waals surface area contributed by atoms with E-state index in [1.165, 1.54) is 5.56 Å². The van der Waals surface area contributed by atoms with Crippen LogP contribution in [0.15, 0.2) is 138 Å². The first-order chi connectivity index (χ1) is 21.1. The van der Waals surface area contributed by atoms with E-state index >= 15 is 0 Å². The maximum absolute atomic E-state index is 11.9. The Kier molecular flexibility index (Phi) is 6.93. The fraction of sp³-hybridized carbons (Fsp3) is 0.0811. The highest BCUT2D eigenvalue weighted by Gasteiger charge is 2.20. The van der Waals surface area contributed by atoms with Crippen molar-refractivity contribution in [2.75, 3.05) is 0 Å². The third-order valence-electron chi connectivity index (χ3n) is 7.63. The van der Waals surface area contributed by atoms with Crippen LogP contribution in [0.5, 0.6) is 5.75 Å². The molecule has 0 amide bonds. The molecule has 2 heterocycles. The fourth-order valence-corrected chi connectivity index (χ4v) is 5.48. The third kappa shape index (κ3) is 5.51. The van der Waals surface area contributed by atoms with Gasteiger partial charge in [-0.3, -0.25) is 0 Å². The van der Waals surface area contributed by atoms with E-state index in [9.17, 15) is 9.90 Å². The Morgan fingerprint density at radius 3 is 2.30 bits per heavy atom. The number of fused-ring (bicyclic) bond motifs is 2. The molecule has 1 unspecified atom stereocenters. The standard InChI is InChI=1S/C37H28N2O4/c40-37(41)34(19-25-9-3-1-4-10-25)42-30-18-17-27-20-29(16-15-28(27)21-30)35-22-38-36(43-35)32-24-39(23-26-11-5-2-6-12-26)33-14-8-7-13-31(32)33/h1-18,20-22,24,34H,19,23H2,(H,40,41). The monoisotopic (exact) mass is 564 g/mol. The summed E-state index contributed by atoms with van der Waals surface area (Å²) in [6, 6.07) is 39.8. The lowest BCUT2D eigenvalue weighted by Crippen LogP contribution is -2.29. The topological polar surface area (TPSA) is 77.5 Å². The maximum Gasteiger partial charge on any atom is 0.345 e. The number of aromatic nitrogens is 2. The van der Waals surface area contributed by atoms with Gasteiger partial charge in [0.1, 0.15) is 5.75 Å². The van der Waals surface area contributed by atoms with Gasteiger partial charge in [0.2, 0.25) is 5.89 Å². The average molecular weight is 565 g/mol. The van der Waals surface area contributed by atoms with Crippen molar-refractivity contribution in [3.05, 3.63) is 145 Å². The molecule has 1 N–H and O–H groups in total. The highest BCUT2D eigenvalue weighted by Crippen LogP contribution is 2.34. The lowest BCUT2D eigenvalue weighted by molar-refractivity contribution is -0.145. The maximum atomic E-state index is 11.9. The Labute approximate surface area is 248 Å². The Hall–Kier alpha value is -5.62. The Bertz CT molecular complexity index is 2040. The van der Waals surface area contributed by atoms with Gasteiger partial charge >= 0.3 is 5.97 Å². The van der Waals surface area contributed by atoms with Gasteiger partial charge in [-0.05, 0) is 46.2 Å². The van der Waals surface area contributed by atoms with Gasteiger partial charge in [0.25, 0.3) is 0 Å². The van der Waals surface area contributed by atoms with Crippen LogP contribution in [0.1, 0.15) is 11.1 Å². The van der Waals surface area contributed by atoms with E-state index in [0.717, 1.165) is 44.9 Å². The second-order valence-electron chi connectivity index (χ2n) is 10.6. The van der Waals surface area contributed by atoms with E-state index in [4.69, 9.17) is 9.15 Å². The molecule has 7 rings (SSSR count). The van der Waals surface area contributed by atoms with E-state index < -0.39 is 12.1 Å². The summed E-state index contributed by atoms with van der Waals surface area (Å²) < 4.78 is 14.5. The number of carboxylic acids is 1. The Balaban J connectivity index is 1.14. The van der Waals surface area contributed by atoms with Crippen LogP contribution in [0.3, 0.4) is 0 Å². The highest BCUT2D eigenvalue weighted by molar-refractivity contribution is 5.94. The SMILES string of the molecule is O=C(O)C(Cc1ccccc1)Oc1ccc2cc(-c3cnc(-c4cn(Cc5ccccc5)c5ccccc45)o3)ccc2c1. The Morgan fingerprint density at radius 2 is 1.51 bits per heavy atom. The molecule has 6 nitrogen and oxygen atoms in total. The number of ether oxygens (including phenoxy) is 1. The molecule has 0 aliphatic carbocycles. The van der Waals surface area contributed by atoms with Crippen molar-refractivity contribution in [3.8, 4) is 28.5 Å². The highest BCUT2D eigenvalue weighted by atomic mass is 16.5. The van der Waals surface area contributed by atoms with Crippen molar-refractivity contribution in [2.45, 2.75) is 19.1 Å². The third-order valence-corrected chi connectivity index (χ3v) is 7.63. The summed E-state index contributed by atoms with van der Waals surface area (Å²) in [5.41, 5.74) is 5.11. The number of para-hydroxylation sites is 1. The zero-order valence-electron chi connectivity index (χ0n) is 23.3. The summed E-state index contributed by atoms with van der Waals surface area (Å²) in [6.45, 7) is 0.755. The molecular weight excluding hydrogens is 536 g/mol. The van der Waals surface area contributed by atoms with Gasteiger partial charge in [0, 0.05) is 35.6 Å². The van der Waals surface area contributed by atoms with E-state index in [1.807, 2.05) is 78.9 Å². The van der Waals surface area contributed by atoms with Crippen molar-refractivity contribution < 1.29 is 19.1 Å². The minimum atomic E-state index is -0.997. The molecule has 0 saturated heterocycles. The summed E-state index contributed by atoms with van der Waals surface area (Å²) >= 11 is 0. The quantitative estimate of drug-likeness (QED) is 0.191. The Morgan fingerprint density at radius 1 is 0.814 bits per heavy atom. The average Bonchev–Trinajstić information content (AvgIpc) is 3.67. The molecule has 0 fully saturated rings. The number of carboxylic acid groups (broad SMARTS) is 1. The van der Waals surface area contributed by atoms with Gasteiger partial charge in [0.05, 0.1) is 11.8 Å². The minimum Gasteiger partial charge on any atom is -0.478 e. The van der Waals surface area contributed by atoms with Crippen LogP contribution in [0.4, 0.5) is 0 Å². The number of rotatable bonds is 9. The van der Waals surface area contributed by atoms with Crippen LogP contribution in [0.25, 0.3) is 44.5 Å². The zero-order chi connectivity index (χ0) is 29.2. The van der Waals surface area contributed by atoms with Gasteiger partial charge in [0.15, 0.2) is 11.9 Å². The number of benzene rings is 5. The van der Waals surface area contributed by atoms with Crippen molar-refractivity contribution in [1.82, 2.24) is 9.55 Å². The van der Waals surface area contributed by atoms with E-state index in [-0.39, 0.29) is 6.42 Å². The van der Waals surface area contributed by atoms with E-state index in [0.29, 0.717) is 17.4 Å². The van der Waals surface area contributed by atoms with Gasteiger partial charge in [-0.1, -0.05) is 97.1 Å². The minimum absolute atomic E-state index is 0.284. The molecule has 6 heteroatoms. The molecule has 43 heavy (non-hydrogen) atoms. The number of carbonyl (C=O) groups is 1. The van der Waals surface area contributed by atoms with Gasteiger partial charge in [-0.25, -0.2) is 9.78 Å². The molecule has 0 spiro atoms. The van der Waals surface area contributed by atoms with Crippen molar-refractivity contribution in [3.63, 3.8) is 0 Å². The van der Waals surface area contributed by atoms with Crippen LogP contribution in [-0.4, -0.2) is 26.7 Å². The van der Waals surface area contributed by atoms with Crippen LogP contribution in [0.2, 0.25) is 0 Å². The molecule has 5 aromatic carbocycles. The largest absolute Gasteiger partial charge is 0.478 e. The first-order valence-electron chi connectivity index (χ1n) is 14.2. The molecule has 0 bridgehead atoms. The van der Waals surface area contributed by atoms with Crippen molar-refractivity contribution in [2.24, 2.45) is 0 Å². The molecule has 7 aromatic rings. The number of aliphatic carboxylic acids is 1. The summed E-state index contributed by atoms with van der Waals surface area (Å²) in [5.74, 6) is 0.756. The number of hydrogen-bond donors (Lipinski definition) is 1. The van der Waals surface area contributed by atoms with Crippen molar-refractivity contribution >= 4 is 27.6 Å². The number of nitrogens with zero attached hydrogens (tertiary/aromatic N) is 2. The van der Waals surface area contributed by atoms with Gasteiger partial charge in [-0.15, -0.1) is 0 Å². The summed E-state index contributed by atoms with van der Waals surface area (Å²) in [4.78, 5) is 16.5. The number of oxazole rings is 1.